The molecule has 0 aromatic rings. The summed E-state index contributed by atoms with van der Waals surface area (Å²) in [5, 5.41) is 13.1. The van der Waals surface area contributed by atoms with E-state index >= 15 is 0 Å². The highest BCUT2D eigenvalue weighted by Gasteiger charge is 2.20. The molecule has 0 bridgehead atoms. The van der Waals surface area contributed by atoms with E-state index in [0.29, 0.717) is 19.3 Å². The van der Waals surface area contributed by atoms with Crippen LogP contribution in [0.15, 0.2) is 0 Å². The summed E-state index contributed by atoms with van der Waals surface area (Å²) in [6.45, 7) is 2.22. The summed E-state index contributed by atoms with van der Waals surface area (Å²) < 4.78 is 5.76. The fourth-order valence-electron chi connectivity index (χ4n) is 2.73. The van der Waals surface area contributed by atoms with Crippen molar-refractivity contribution in [1.29, 1.82) is 0 Å². The van der Waals surface area contributed by atoms with Crippen LogP contribution in [0.4, 0.5) is 0 Å². The monoisotopic (exact) mass is 255 g/mol. The van der Waals surface area contributed by atoms with Gasteiger partial charge in [-0.1, -0.05) is 32.1 Å². The molecule has 2 aliphatic carbocycles. The van der Waals surface area contributed by atoms with Gasteiger partial charge in [0.2, 0.25) is 0 Å². The van der Waals surface area contributed by atoms with Crippen LogP contribution in [-0.2, 0) is 4.74 Å². The number of hydrogen-bond donors (Lipinski definition) is 2. The van der Waals surface area contributed by atoms with Crippen molar-refractivity contribution >= 4 is 0 Å². The summed E-state index contributed by atoms with van der Waals surface area (Å²) in [4.78, 5) is 0. The minimum atomic E-state index is -0.340. The van der Waals surface area contributed by atoms with Crippen LogP contribution in [0.2, 0.25) is 0 Å². The number of aliphatic hydroxyl groups excluding tert-OH is 1. The molecule has 0 aromatic heterocycles. The van der Waals surface area contributed by atoms with Gasteiger partial charge in [0.25, 0.3) is 0 Å². The average Bonchev–Trinajstić information content (AvgIpc) is 3.21. The lowest BCUT2D eigenvalue weighted by molar-refractivity contribution is -0.0229. The summed E-state index contributed by atoms with van der Waals surface area (Å²) in [6.07, 6.45) is 11.9. The Morgan fingerprint density at radius 2 is 1.89 bits per heavy atom. The van der Waals surface area contributed by atoms with E-state index < -0.39 is 0 Å². The average molecular weight is 255 g/mol. The third-order valence-electron chi connectivity index (χ3n) is 4.12. The molecule has 2 rings (SSSR count). The number of ether oxygens (including phenoxy) is 1. The second-order valence-corrected chi connectivity index (χ2v) is 6.04. The van der Waals surface area contributed by atoms with E-state index in [2.05, 4.69) is 5.32 Å². The normalized spacial score (nSPS) is 23.2. The van der Waals surface area contributed by atoms with Crippen molar-refractivity contribution in [3.05, 3.63) is 0 Å². The summed E-state index contributed by atoms with van der Waals surface area (Å²) in [7, 11) is 0. The van der Waals surface area contributed by atoms with E-state index in [1.54, 1.807) is 0 Å². The molecule has 0 aliphatic heterocycles. The minimum Gasteiger partial charge on any atom is -0.389 e. The molecule has 0 heterocycles. The van der Waals surface area contributed by atoms with Crippen LogP contribution in [0.25, 0.3) is 0 Å². The predicted molar refractivity (Wildman–Crippen MR) is 73.7 cm³/mol. The first-order valence-electron chi connectivity index (χ1n) is 7.85. The highest BCUT2D eigenvalue weighted by molar-refractivity contribution is 4.73. The summed E-state index contributed by atoms with van der Waals surface area (Å²) >= 11 is 0. The van der Waals surface area contributed by atoms with Crippen molar-refractivity contribution < 1.29 is 9.84 Å². The van der Waals surface area contributed by atoms with Crippen molar-refractivity contribution in [2.75, 3.05) is 19.7 Å². The van der Waals surface area contributed by atoms with Crippen LogP contribution in [0.3, 0.4) is 0 Å². The SMILES string of the molecule is OC(CNCCCC1CC1)COC1CCCCC1. The second kappa shape index (κ2) is 8.13. The number of aliphatic hydroxyl groups is 1. The highest BCUT2D eigenvalue weighted by Crippen LogP contribution is 2.33. The summed E-state index contributed by atoms with van der Waals surface area (Å²) in [5.74, 6) is 1.02. The maximum Gasteiger partial charge on any atom is 0.0897 e. The Morgan fingerprint density at radius 1 is 1.11 bits per heavy atom. The fourth-order valence-corrected chi connectivity index (χ4v) is 2.73. The van der Waals surface area contributed by atoms with Gasteiger partial charge >= 0.3 is 0 Å². The first-order valence-corrected chi connectivity index (χ1v) is 7.85. The van der Waals surface area contributed by atoms with Crippen LogP contribution in [0.5, 0.6) is 0 Å². The Balaban J connectivity index is 1.40. The van der Waals surface area contributed by atoms with Gasteiger partial charge in [-0.3, -0.25) is 0 Å². The van der Waals surface area contributed by atoms with Crippen LogP contribution in [0.1, 0.15) is 57.8 Å². The predicted octanol–water partition coefficient (Wildman–Crippen LogP) is 2.48. The lowest BCUT2D eigenvalue weighted by Crippen LogP contribution is -2.33. The largest absolute Gasteiger partial charge is 0.389 e. The van der Waals surface area contributed by atoms with Gasteiger partial charge in [-0.05, 0) is 38.1 Å². The van der Waals surface area contributed by atoms with Crippen LogP contribution < -0.4 is 5.32 Å². The third kappa shape index (κ3) is 6.17. The van der Waals surface area contributed by atoms with Crippen molar-refractivity contribution in [3.63, 3.8) is 0 Å². The molecule has 0 saturated heterocycles. The molecule has 0 amide bonds. The maximum absolute atomic E-state index is 9.81. The van der Waals surface area contributed by atoms with Gasteiger partial charge < -0.3 is 15.2 Å². The Morgan fingerprint density at radius 3 is 2.61 bits per heavy atom. The van der Waals surface area contributed by atoms with Gasteiger partial charge in [0.15, 0.2) is 0 Å². The lowest BCUT2D eigenvalue weighted by atomic mass is 9.98. The first kappa shape index (κ1) is 14.3. The van der Waals surface area contributed by atoms with E-state index in [0.717, 1.165) is 12.5 Å². The topological polar surface area (TPSA) is 41.5 Å². The molecule has 1 unspecified atom stereocenters. The Hall–Kier alpha value is -0.120. The fraction of sp³-hybridized carbons (Fsp3) is 1.00. The van der Waals surface area contributed by atoms with E-state index in [-0.39, 0.29) is 6.10 Å². The minimum absolute atomic E-state index is 0.340. The lowest BCUT2D eigenvalue weighted by Gasteiger charge is -2.23. The molecule has 2 N–H and O–H groups in total. The smallest absolute Gasteiger partial charge is 0.0897 e. The quantitative estimate of drug-likeness (QED) is 0.622. The molecule has 0 aromatic carbocycles. The standard InChI is InChI=1S/C15H29NO2/c17-14(11-16-10-4-5-13-8-9-13)12-18-15-6-2-1-3-7-15/h13-17H,1-12H2. The third-order valence-corrected chi connectivity index (χ3v) is 4.12. The maximum atomic E-state index is 9.81. The molecule has 2 saturated carbocycles. The molecule has 2 aliphatic rings. The van der Waals surface area contributed by atoms with E-state index in [4.69, 9.17) is 4.74 Å². The summed E-state index contributed by atoms with van der Waals surface area (Å²) in [5.41, 5.74) is 0. The second-order valence-electron chi connectivity index (χ2n) is 6.04. The van der Waals surface area contributed by atoms with E-state index in [1.807, 2.05) is 0 Å². The molecule has 3 heteroatoms. The zero-order valence-electron chi connectivity index (χ0n) is 11.6. The Bertz CT molecular complexity index is 213. The van der Waals surface area contributed by atoms with Crippen molar-refractivity contribution in [1.82, 2.24) is 5.32 Å². The molecule has 1 atom stereocenters. The van der Waals surface area contributed by atoms with Gasteiger partial charge in [0, 0.05) is 6.54 Å². The van der Waals surface area contributed by atoms with E-state index in [9.17, 15) is 5.11 Å². The zero-order valence-corrected chi connectivity index (χ0v) is 11.6. The molecule has 0 spiro atoms. The van der Waals surface area contributed by atoms with Gasteiger partial charge in [-0.2, -0.15) is 0 Å². The zero-order chi connectivity index (χ0) is 12.6. The molecule has 18 heavy (non-hydrogen) atoms. The Labute approximate surface area is 111 Å². The van der Waals surface area contributed by atoms with Crippen molar-refractivity contribution in [2.24, 2.45) is 5.92 Å². The molecular weight excluding hydrogens is 226 g/mol. The van der Waals surface area contributed by atoms with Crippen molar-refractivity contribution in [2.45, 2.75) is 70.0 Å². The van der Waals surface area contributed by atoms with E-state index in [1.165, 1.54) is 57.8 Å². The number of rotatable bonds is 9. The van der Waals surface area contributed by atoms with Gasteiger partial charge in [0.05, 0.1) is 18.8 Å². The van der Waals surface area contributed by atoms with Crippen LogP contribution in [0, 0.1) is 5.92 Å². The number of nitrogens with one attached hydrogen (secondary N) is 1. The molecule has 106 valence electrons. The van der Waals surface area contributed by atoms with Gasteiger partial charge in [0.1, 0.15) is 0 Å². The molecular formula is C15H29NO2. The molecule has 2 fully saturated rings. The summed E-state index contributed by atoms with van der Waals surface area (Å²) in [6, 6.07) is 0. The van der Waals surface area contributed by atoms with Gasteiger partial charge in [-0.25, -0.2) is 0 Å². The highest BCUT2D eigenvalue weighted by atomic mass is 16.5. The molecule has 3 nitrogen and oxygen atoms in total. The van der Waals surface area contributed by atoms with Crippen LogP contribution in [-0.4, -0.2) is 37.0 Å². The Kier molecular flexibility index (Phi) is 6.46. The van der Waals surface area contributed by atoms with Gasteiger partial charge in [-0.15, -0.1) is 0 Å². The first-order chi connectivity index (χ1) is 8.84. The molecule has 0 radical (unpaired) electrons. The number of hydrogen-bond acceptors (Lipinski definition) is 3. The van der Waals surface area contributed by atoms with Crippen molar-refractivity contribution in [3.8, 4) is 0 Å². The van der Waals surface area contributed by atoms with Crippen LogP contribution >= 0.6 is 0 Å².